The van der Waals surface area contributed by atoms with Gasteiger partial charge in [0, 0.05) is 24.7 Å². The zero-order chi connectivity index (χ0) is 15.1. The van der Waals surface area contributed by atoms with Crippen LogP contribution in [-0.2, 0) is 6.42 Å². The third-order valence-corrected chi connectivity index (χ3v) is 6.04. The smallest absolute Gasteiger partial charge is 0.0640 e. The zero-order valence-electron chi connectivity index (χ0n) is 14.2. The summed E-state index contributed by atoms with van der Waals surface area (Å²) in [5.41, 5.74) is 2.04. The molecular formula is C17H31N3. The third kappa shape index (κ3) is 2.41. The summed E-state index contributed by atoms with van der Waals surface area (Å²) < 4.78 is 2.10. The van der Waals surface area contributed by atoms with E-state index in [9.17, 15) is 0 Å². The van der Waals surface area contributed by atoms with Gasteiger partial charge in [0.1, 0.15) is 0 Å². The van der Waals surface area contributed by atoms with Gasteiger partial charge in [-0.3, -0.25) is 4.68 Å². The van der Waals surface area contributed by atoms with Gasteiger partial charge in [-0.05, 0) is 43.2 Å². The van der Waals surface area contributed by atoms with E-state index in [4.69, 9.17) is 5.10 Å². The maximum Gasteiger partial charge on any atom is 0.0640 e. The van der Waals surface area contributed by atoms with E-state index in [0.717, 1.165) is 12.8 Å². The molecule has 1 aliphatic rings. The summed E-state index contributed by atoms with van der Waals surface area (Å²) >= 11 is 0. The normalized spacial score (nSPS) is 23.6. The maximum absolute atomic E-state index is 4.75. The Morgan fingerprint density at radius 2 is 1.90 bits per heavy atom. The Morgan fingerprint density at radius 1 is 1.30 bits per heavy atom. The molecule has 0 amide bonds. The Hall–Kier alpha value is -0.830. The van der Waals surface area contributed by atoms with Crippen LogP contribution in [0.4, 0.5) is 0 Å². The maximum atomic E-state index is 4.75. The summed E-state index contributed by atoms with van der Waals surface area (Å²) in [6.45, 7) is 14.0. The fourth-order valence-corrected chi connectivity index (χ4v) is 3.78. The van der Waals surface area contributed by atoms with Crippen LogP contribution >= 0.6 is 0 Å². The van der Waals surface area contributed by atoms with E-state index in [1.165, 1.54) is 5.69 Å². The topological polar surface area (TPSA) is 29.9 Å². The second kappa shape index (κ2) is 5.18. The van der Waals surface area contributed by atoms with Crippen molar-refractivity contribution in [3.8, 4) is 0 Å². The lowest BCUT2D eigenvalue weighted by molar-refractivity contribution is 0.412. The number of hydrogen-bond donors (Lipinski definition) is 1. The minimum absolute atomic E-state index is 0.417. The van der Waals surface area contributed by atoms with Crippen LogP contribution in [0.5, 0.6) is 0 Å². The van der Waals surface area contributed by atoms with E-state index in [0.29, 0.717) is 28.8 Å². The molecule has 1 aliphatic carbocycles. The van der Waals surface area contributed by atoms with E-state index in [1.807, 2.05) is 0 Å². The van der Waals surface area contributed by atoms with Crippen LogP contribution < -0.4 is 5.32 Å². The first kappa shape index (κ1) is 15.6. The molecule has 2 unspecified atom stereocenters. The number of nitrogens with zero attached hydrogens (tertiary/aromatic N) is 2. The van der Waals surface area contributed by atoms with Gasteiger partial charge in [-0.25, -0.2) is 0 Å². The lowest BCUT2D eigenvalue weighted by Crippen LogP contribution is -2.32. The molecule has 3 nitrogen and oxygen atoms in total. The first-order chi connectivity index (χ1) is 9.25. The van der Waals surface area contributed by atoms with Crippen LogP contribution in [0, 0.1) is 16.7 Å². The lowest BCUT2D eigenvalue weighted by atomic mass is 10.00. The summed E-state index contributed by atoms with van der Waals surface area (Å²) in [5, 5.41) is 8.28. The van der Waals surface area contributed by atoms with Crippen LogP contribution in [-0.4, -0.2) is 22.9 Å². The molecule has 114 valence electrons. The molecule has 0 saturated heterocycles. The molecule has 3 heteroatoms. The van der Waals surface area contributed by atoms with Crippen molar-refractivity contribution in [1.82, 2.24) is 15.1 Å². The average molecular weight is 277 g/mol. The largest absolute Gasteiger partial charge is 0.316 e. The summed E-state index contributed by atoms with van der Waals surface area (Å²) in [6, 6.07) is 3.18. The van der Waals surface area contributed by atoms with Gasteiger partial charge in [0.05, 0.1) is 5.69 Å². The Labute approximate surface area is 124 Å². The van der Waals surface area contributed by atoms with Gasteiger partial charge in [0.2, 0.25) is 0 Å². The van der Waals surface area contributed by atoms with Crippen LogP contribution in [0.1, 0.15) is 59.7 Å². The first-order valence-electron chi connectivity index (χ1n) is 7.97. The fraction of sp³-hybridized carbons (Fsp3) is 0.824. The van der Waals surface area contributed by atoms with E-state index >= 15 is 0 Å². The SMILES string of the molecule is CCC(C)n1ccc(CC(NC)C2C(C)(C)C2(C)C)n1. The van der Waals surface area contributed by atoms with Crippen LogP contribution in [0.2, 0.25) is 0 Å². The number of rotatable bonds is 6. The highest BCUT2D eigenvalue weighted by atomic mass is 15.3. The van der Waals surface area contributed by atoms with Crippen molar-refractivity contribution >= 4 is 0 Å². The Kier molecular flexibility index (Phi) is 4.03. The van der Waals surface area contributed by atoms with Crippen molar-refractivity contribution in [2.75, 3.05) is 7.05 Å². The highest BCUT2D eigenvalue weighted by Crippen LogP contribution is 2.69. The standard InChI is InChI=1S/C17H31N3/c1-8-12(2)20-10-9-13(19-20)11-14(18-7)15-16(3,4)17(15,5)6/h9-10,12,14-15,18H,8,11H2,1-7H3. The molecular weight excluding hydrogens is 246 g/mol. The van der Waals surface area contributed by atoms with Crippen LogP contribution in [0.3, 0.4) is 0 Å². The predicted molar refractivity (Wildman–Crippen MR) is 84.8 cm³/mol. The van der Waals surface area contributed by atoms with Crippen molar-refractivity contribution in [1.29, 1.82) is 0 Å². The first-order valence-corrected chi connectivity index (χ1v) is 7.97. The summed E-state index contributed by atoms with van der Waals surface area (Å²) in [7, 11) is 2.08. The van der Waals surface area contributed by atoms with Gasteiger partial charge in [0.15, 0.2) is 0 Å². The molecule has 0 radical (unpaired) electrons. The van der Waals surface area contributed by atoms with Gasteiger partial charge in [-0.2, -0.15) is 5.10 Å². The van der Waals surface area contributed by atoms with Gasteiger partial charge >= 0.3 is 0 Å². The minimum Gasteiger partial charge on any atom is -0.316 e. The highest BCUT2D eigenvalue weighted by molar-refractivity contribution is 5.18. The molecule has 0 aliphatic heterocycles. The summed E-state index contributed by atoms with van der Waals surface area (Å²) in [6.07, 6.45) is 4.27. The number of hydrogen-bond acceptors (Lipinski definition) is 2. The van der Waals surface area contributed by atoms with Gasteiger partial charge in [-0.15, -0.1) is 0 Å². The van der Waals surface area contributed by atoms with Crippen molar-refractivity contribution in [2.45, 2.75) is 66.5 Å². The molecule has 2 rings (SSSR count). The predicted octanol–water partition coefficient (Wildman–Crippen LogP) is 3.67. The van der Waals surface area contributed by atoms with Gasteiger partial charge < -0.3 is 5.32 Å². The van der Waals surface area contributed by atoms with Gasteiger partial charge in [-0.1, -0.05) is 34.6 Å². The van der Waals surface area contributed by atoms with E-state index in [1.54, 1.807) is 0 Å². The molecule has 0 aromatic carbocycles. The Morgan fingerprint density at radius 3 is 2.35 bits per heavy atom. The number of likely N-dealkylation sites (N-methyl/N-ethyl adjacent to an activating group) is 1. The molecule has 1 aromatic rings. The molecule has 1 heterocycles. The lowest BCUT2D eigenvalue weighted by Gasteiger charge is -2.17. The highest BCUT2D eigenvalue weighted by Gasteiger charge is 2.66. The molecule has 2 atom stereocenters. The average Bonchev–Trinajstić information content (AvgIpc) is 2.76. The van der Waals surface area contributed by atoms with Gasteiger partial charge in [0.25, 0.3) is 0 Å². The second-order valence-corrected chi connectivity index (χ2v) is 7.56. The molecule has 20 heavy (non-hydrogen) atoms. The molecule has 1 N–H and O–H groups in total. The Balaban J connectivity index is 2.07. The second-order valence-electron chi connectivity index (χ2n) is 7.56. The zero-order valence-corrected chi connectivity index (χ0v) is 14.2. The minimum atomic E-state index is 0.417. The summed E-state index contributed by atoms with van der Waals surface area (Å²) in [5.74, 6) is 0.716. The van der Waals surface area contributed by atoms with Crippen LogP contribution in [0.15, 0.2) is 12.3 Å². The van der Waals surface area contributed by atoms with Crippen molar-refractivity contribution < 1.29 is 0 Å². The monoisotopic (exact) mass is 277 g/mol. The molecule has 1 aromatic heterocycles. The van der Waals surface area contributed by atoms with E-state index in [2.05, 4.69) is 70.9 Å². The fourth-order valence-electron chi connectivity index (χ4n) is 3.78. The van der Waals surface area contributed by atoms with Crippen molar-refractivity contribution in [3.05, 3.63) is 18.0 Å². The third-order valence-electron chi connectivity index (χ3n) is 6.04. The van der Waals surface area contributed by atoms with E-state index in [-0.39, 0.29) is 0 Å². The molecule has 0 bridgehead atoms. The quantitative estimate of drug-likeness (QED) is 0.860. The molecule has 0 spiro atoms. The van der Waals surface area contributed by atoms with Crippen LogP contribution in [0.25, 0.3) is 0 Å². The Bertz CT molecular complexity index is 445. The summed E-state index contributed by atoms with van der Waals surface area (Å²) in [4.78, 5) is 0. The van der Waals surface area contributed by atoms with Crippen molar-refractivity contribution in [3.63, 3.8) is 0 Å². The van der Waals surface area contributed by atoms with E-state index < -0.39 is 0 Å². The van der Waals surface area contributed by atoms with Crippen molar-refractivity contribution in [2.24, 2.45) is 16.7 Å². The number of aromatic nitrogens is 2. The molecule has 1 saturated carbocycles. The number of nitrogens with one attached hydrogen (secondary N) is 1. The molecule has 1 fully saturated rings.